The Labute approximate surface area is 174 Å². The van der Waals surface area contributed by atoms with Crippen LogP contribution in [0.4, 0.5) is 0 Å². The van der Waals surface area contributed by atoms with Crippen molar-refractivity contribution in [3.05, 3.63) is 85.9 Å². The number of nitrogens with zero attached hydrogens (tertiary/aromatic N) is 1. The lowest BCUT2D eigenvalue weighted by molar-refractivity contribution is -0.140. The Balaban J connectivity index is 1.85. The first kappa shape index (κ1) is 18.8. The van der Waals surface area contributed by atoms with Crippen LogP contribution in [0.2, 0.25) is 10.0 Å². The Kier molecular flexibility index (Phi) is 5.02. The number of aliphatic hydroxyl groups is 1. The number of thiophene rings is 1. The largest absolute Gasteiger partial charge is 0.507 e. The SMILES string of the molecule is O=C1C(=O)N(Cc2cccs2)C(c2ccco2)/C1=C(/O)c1ccc(Cl)c(Cl)c1. The van der Waals surface area contributed by atoms with E-state index in [1.54, 1.807) is 12.1 Å². The van der Waals surface area contributed by atoms with Crippen molar-refractivity contribution in [2.45, 2.75) is 12.6 Å². The van der Waals surface area contributed by atoms with E-state index in [1.807, 2.05) is 17.5 Å². The van der Waals surface area contributed by atoms with Gasteiger partial charge in [0.15, 0.2) is 0 Å². The van der Waals surface area contributed by atoms with Gasteiger partial charge in [0.25, 0.3) is 11.7 Å². The van der Waals surface area contributed by atoms with E-state index in [2.05, 4.69) is 0 Å². The van der Waals surface area contributed by atoms with Gasteiger partial charge in [0.1, 0.15) is 17.6 Å². The molecule has 1 N–H and O–H groups in total. The van der Waals surface area contributed by atoms with Crippen molar-refractivity contribution >= 4 is 52.0 Å². The van der Waals surface area contributed by atoms with Crippen molar-refractivity contribution in [1.82, 2.24) is 4.90 Å². The molecule has 0 spiro atoms. The second-order valence-electron chi connectivity index (χ2n) is 6.15. The van der Waals surface area contributed by atoms with Crippen molar-refractivity contribution in [3.63, 3.8) is 0 Å². The van der Waals surface area contributed by atoms with Gasteiger partial charge in [0.2, 0.25) is 0 Å². The van der Waals surface area contributed by atoms with E-state index in [-0.39, 0.29) is 22.9 Å². The van der Waals surface area contributed by atoms with Crippen molar-refractivity contribution < 1.29 is 19.1 Å². The highest BCUT2D eigenvalue weighted by Crippen LogP contribution is 2.41. The molecule has 3 aromatic rings. The van der Waals surface area contributed by atoms with Crippen LogP contribution in [0, 0.1) is 0 Å². The lowest BCUT2D eigenvalue weighted by Crippen LogP contribution is -2.28. The molecule has 1 aromatic carbocycles. The van der Waals surface area contributed by atoms with Crippen LogP contribution in [0.5, 0.6) is 0 Å². The second kappa shape index (κ2) is 7.47. The summed E-state index contributed by atoms with van der Waals surface area (Å²) in [6, 6.07) is 10.7. The Morgan fingerprint density at radius 2 is 1.96 bits per heavy atom. The van der Waals surface area contributed by atoms with Crippen LogP contribution in [0.15, 0.2) is 64.1 Å². The molecule has 1 unspecified atom stereocenters. The molecule has 1 aliphatic rings. The summed E-state index contributed by atoms with van der Waals surface area (Å²) in [5, 5.41) is 13.3. The number of amides is 1. The number of rotatable bonds is 4. The van der Waals surface area contributed by atoms with Crippen LogP contribution in [-0.4, -0.2) is 21.7 Å². The molecule has 3 heterocycles. The molecule has 28 heavy (non-hydrogen) atoms. The minimum absolute atomic E-state index is 0.0464. The van der Waals surface area contributed by atoms with Gasteiger partial charge in [0.05, 0.1) is 28.4 Å². The number of carbonyl (C=O) groups excluding carboxylic acids is 2. The van der Waals surface area contributed by atoms with Crippen molar-refractivity contribution in [3.8, 4) is 0 Å². The van der Waals surface area contributed by atoms with Crippen LogP contribution < -0.4 is 0 Å². The minimum Gasteiger partial charge on any atom is -0.507 e. The summed E-state index contributed by atoms with van der Waals surface area (Å²) in [5.41, 5.74) is 0.245. The minimum atomic E-state index is -0.841. The molecule has 1 fully saturated rings. The second-order valence-corrected chi connectivity index (χ2v) is 8.00. The van der Waals surface area contributed by atoms with Crippen LogP contribution in [0.25, 0.3) is 5.76 Å². The number of Topliss-reactive ketones (excluding diaryl/α,β-unsaturated/α-hetero) is 1. The summed E-state index contributed by atoms with van der Waals surface area (Å²) < 4.78 is 5.49. The normalized spacial score (nSPS) is 18.8. The summed E-state index contributed by atoms with van der Waals surface area (Å²) >= 11 is 13.5. The Hall–Kier alpha value is -2.54. The fourth-order valence-corrected chi connectivity index (χ4v) is 4.16. The summed E-state index contributed by atoms with van der Waals surface area (Å²) in [4.78, 5) is 27.9. The van der Waals surface area contributed by atoms with Gasteiger partial charge in [-0.05, 0) is 41.8 Å². The zero-order chi connectivity index (χ0) is 19.8. The third-order valence-electron chi connectivity index (χ3n) is 4.45. The molecule has 0 saturated carbocycles. The number of hydrogen-bond donors (Lipinski definition) is 1. The lowest BCUT2D eigenvalue weighted by atomic mass is 9.99. The lowest BCUT2D eigenvalue weighted by Gasteiger charge is -2.22. The number of aliphatic hydroxyl groups excluding tert-OH is 1. The van der Waals surface area contributed by atoms with Gasteiger partial charge >= 0.3 is 0 Å². The number of carbonyl (C=O) groups is 2. The van der Waals surface area contributed by atoms with E-state index in [9.17, 15) is 14.7 Å². The van der Waals surface area contributed by atoms with E-state index in [0.717, 1.165) is 4.88 Å². The van der Waals surface area contributed by atoms with Gasteiger partial charge in [0, 0.05) is 10.4 Å². The van der Waals surface area contributed by atoms with Crippen LogP contribution in [-0.2, 0) is 16.1 Å². The third-order valence-corrected chi connectivity index (χ3v) is 6.05. The summed E-state index contributed by atoms with van der Waals surface area (Å²) in [7, 11) is 0. The molecule has 1 aliphatic heterocycles. The average Bonchev–Trinajstić information content (AvgIpc) is 3.42. The number of furan rings is 1. The summed E-state index contributed by atoms with van der Waals surface area (Å²) in [6.45, 7) is 0.228. The number of hydrogen-bond acceptors (Lipinski definition) is 5. The molecule has 1 atom stereocenters. The molecule has 0 radical (unpaired) electrons. The third kappa shape index (κ3) is 3.24. The molecule has 1 saturated heterocycles. The number of ketones is 1. The van der Waals surface area contributed by atoms with Gasteiger partial charge in [-0.3, -0.25) is 9.59 Å². The summed E-state index contributed by atoms with van der Waals surface area (Å²) in [6.07, 6.45) is 1.46. The molecule has 2 aromatic heterocycles. The van der Waals surface area contributed by atoms with E-state index in [0.29, 0.717) is 16.3 Å². The Bertz CT molecular complexity index is 1070. The first-order valence-electron chi connectivity index (χ1n) is 8.27. The van der Waals surface area contributed by atoms with E-state index in [4.69, 9.17) is 27.6 Å². The molecule has 0 bridgehead atoms. The van der Waals surface area contributed by atoms with Crippen LogP contribution >= 0.6 is 34.5 Å². The van der Waals surface area contributed by atoms with Crippen molar-refractivity contribution in [1.29, 1.82) is 0 Å². The molecule has 142 valence electrons. The quantitative estimate of drug-likeness (QED) is 0.345. The van der Waals surface area contributed by atoms with Gasteiger partial charge in [-0.1, -0.05) is 29.3 Å². The Morgan fingerprint density at radius 3 is 2.61 bits per heavy atom. The molecule has 0 aliphatic carbocycles. The van der Waals surface area contributed by atoms with Gasteiger partial charge in [-0.15, -0.1) is 11.3 Å². The fraction of sp³-hybridized carbons (Fsp3) is 0.100. The first-order chi connectivity index (χ1) is 13.5. The monoisotopic (exact) mass is 433 g/mol. The van der Waals surface area contributed by atoms with Crippen molar-refractivity contribution in [2.75, 3.05) is 0 Å². The van der Waals surface area contributed by atoms with E-state index < -0.39 is 17.7 Å². The van der Waals surface area contributed by atoms with Gasteiger partial charge < -0.3 is 14.4 Å². The zero-order valence-electron chi connectivity index (χ0n) is 14.3. The maximum absolute atomic E-state index is 12.8. The zero-order valence-corrected chi connectivity index (χ0v) is 16.6. The predicted octanol–water partition coefficient (Wildman–Crippen LogP) is 5.27. The highest BCUT2D eigenvalue weighted by atomic mass is 35.5. The maximum atomic E-state index is 12.8. The first-order valence-corrected chi connectivity index (χ1v) is 9.90. The molecule has 8 heteroatoms. The molecule has 5 nitrogen and oxygen atoms in total. The highest BCUT2D eigenvalue weighted by Gasteiger charge is 2.47. The molecule has 1 amide bonds. The maximum Gasteiger partial charge on any atom is 0.296 e. The Morgan fingerprint density at radius 1 is 1.14 bits per heavy atom. The van der Waals surface area contributed by atoms with E-state index in [1.165, 1.54) is 40.7 Å². The number of likely N-dealkylation sites (tertiary alicyclic amines) is 1. The van der Waals surface area contributed by atoms with Gasteiger partial charge in [-0.2, -0.15) is 0 Å². The average molecular weight is 434 g/mol. The fourth-order valence-electron chi connectivity index (χ4n) is 3.16. The predicted molar refractivity (Wildman–Crippen MR) is 107 cm³/mol. The van der Waals surface area contributed by atoms with Gasteiger partial charge in [-0.25, -0.2) is 0 Å². The molecular formula is C20H13Cl2NO4S. The van der Waals surface area contributed by atoms with Crippen molar-refractivity contribution in [2.24, 2.45) is 0 Å². The molecule has 4 rings (SSSR count). The molecular weight excluding hydrogens is 421 g/mol. The van der Waals surface area contributed by atoms with E-state index >= 15 is 0 Å². The highest BCUT2D eigenvalue weighted by molar-refractivity contribution is 7.09. The smallest absolute Gasteiger partial charge is 0.296 e. The van der Waals surface area contributed by atoms with Crippen LogP contribution in [0.3, 0.4) is 0 Å². The standard InChI is InChI=1S/C20H13Cl2NO4S/c21-13-6-5-11(9-14(13)22)18(24)16-17(15-4-1-7-27-15)23(20(26)19(16)25)10-12-3-2-8-28-12/h1-9,17,24H,10H2/b18-16-. The number of halogens is 2. The number of benzene rings is 1. The van der Waals surface area contributed by atoms with Crippen LogP contribution in [0.1, 0.15) is 22.2 Å². The summed E-state index contributed by atoms with van der Waals surface area (Å²) in [5.74, 6) is -1.41. The topological polar surface area (TPSA) is 70.8 Å².